The Balaban J connectivity index is 1.52. The van der Waals surface area contributed by atoms with Crippen molar-refractivity contribution in [3.8, 4) is 0 Å². The average molecular weight is 424 g/mol. The van der Waals surface area contributed by atoms with Gasteiger partial charge in [-0.1, -0.05) is 54.2 Å². The minimum Gasteiger partial charge on any atom is -0.349 e. The minimum absolute atomic E-state index is 0.0708. The monoisotopic (exact) mass is 423 g/mol. The van der Waals surface area contributed by atoms with Crippen LogP contribution >= 0.6 is 11.8 Å². The molecule has 7 nitrogen and oxygen atoms in total. The molecular formula is C22H25N5O2S. The first-order valence-electron chi connectivity index (χ1n) is 9.77. The highest BCUT2D eigenvalue weighted by Gasteiger charge is 2.14. The predicted octanol–water partition coefficient (Wildman–Crippen LogP) is 3.20. The van der Waals surface area contributed by atoms with Gasteiger partial charge in [0.1, 0.15) is 0 Å². The van der Waals surface area contributed by atoms with Crippen molar-refractivity contribution >= 4 is 29.3 Å². The van der Waals surface area contributed by atoms with Crippen molar-refractivity contribution in [2.75, 3.05) is 11.1 Å². The lowest BCUT2D eigenvalue weighted by atomic mass is 10.1. The molecule has 0 aliphatic rings. The third kappa shape index (κ3) is 6.18. The van der Waals surface area contributed by atoms with E-state index in [2.05, 4.69) is 20.8 Å². The zero-order valence-corrected chi connectivity index (χ0v) is 17.9. The predicted molar refractivity (Wildman–Crippen MR) is 118 cm³/mol. The van der Waals surface area contributed by atoms with Gasteiger partial charge < -0.3 is 15.2 Å². The van der Waals surface area contributed by atoms with Gasteiger partial charge in [0.15, 0.2) is 11.0 Å². The number of rotatable bonds is 9. The lowest BCUT2D eigenvalue weighted by Crippen LogP contribution is -2.26. The molecule has 0 aliphatic carbocycles. The number of benzene rings is 2. The highest BCUT2D eigenvalue weighted by Crippen LogP contribution is 2.18. The Morgan fingerprint density at radius 2 is 1.83 bits per heavy atom. The lowest BCUT2D eigenvalue weighted by Gasteiger charge is -2.09. The zero-order valence-electron chi connectivity index (χ0n) is 17.1. The van der Waals surface area contributed by atoms with E-state index in [-0.39, 0.29) is 17.6 Å². The van der Waals surface area contributed by atoms with Gasteiger partial charge in [-0.3, -0.25) is 9.59 Å². The molecule has 3 aromatic rings. The van der Waals surface area contributed by atoms with E-state index in [1.807, 2.05) is 73.0 Å². The van der Waals surface area contributed by atoms with Crippen LogP contribution in [0.4, 0.5) is 5.69 Å². The Morgan fingerprint density at radius 1 is 1.03 bits per heavy atom. The summed E-state index contributed by atoms with van der Waals surface area (Å²) in [5, 5.41) is 14.8. The normalized spacial score (nSPS) is 10.6. The van der Waals surface area contributed by atoms with Gasteiger partial charge in [0.25, 0.3) is 0 Å². The molecule has 30 heavy (non-hydrogen) atoms. The molecule has 0 spiro atoms. The van der Waals surface area contributed by atoms with E-state index in [4.69, 9.17) is 0 Å². The molecule has 0 atom stereocenters. The number of amides is 2. The number of anilines is 1. The Morgan fingerprint density at radius 3 is 2.57 bits per heavy atom. The van der Waals surface area contributed by atoms with E-state index in [1.54, 1.807) is 0 Å². The van der Waals surface area contributed by atoms with Gasteiger partial charge in [-0.15, -0.1) is 10.2 Å². The summed E-state index contributed by atoms with van der Waals surface area (Å²) >= 11 is 1.33. The summed E-state index contributed by atoms with van der Waals surface area (Å²) in [7, 11) is 0. The van der Waals surface area contributed by atoms with Gasteiger partial charge in [0.2, 0.25) is 11.8 Å². The molecule has 0 saturated carbocycles. The number of carbonyl (C=O) groups excluding carboxylic acids is 2. The van der Waals surface area contributed by atoms with E-state index < -0.39 is 0 Å². The van der Waals surface area contributed by atoms with E-state index in [0.29, 0.717) is 30.5 Å². The van der Waals surface area contributed by atoms with Crippen LogP contribution in [0.1, 0.15) is 23.9 Å². The quantitative estimate of drug-likeness (QED) is 0.516. The van der Waals surface area contributed by atoms with Crippen molar-refractivity contribution in [1.29, 1.82) is 0 Å². The maximum absolute atomic E-state index is 12.2. The largest absolute Gasteiger partial charge is 0.349 e. The fourth-order valence-corrected chi connectivity index (χ4v) is 3.77. The first kappa shape index (κ1) is 21.6. The zero-order chi connectivity index (χ0) is 21.3. The fraction of sp³-hybridized carbons (Fsp3) is 0.273. The summed E-state index contributed by atoms with van der Waals surface area (Å²) in [5.74, 6) is 0.722. The van der Waals surface area contributed by atoms with Crippen LogP contribution < -0.4 is 10.6 Å². The van der Waals surface area contributed by atoms with Crippen LogP contribution in [-0.4, -0.2) is 32.3 Å². The van der Waals surface area contributed by atoms with E-state index in [0.717, 1.165) is 16.8 Å². The molecule has 2 N–H and O–H groups in total. The highest BCUT2D eigenvalue weighted by molar-refractivity contribution is 7.99. The summed E-state index contributed by atoms with van der Waals surface area (Å²) in [6, 6.07) is 17.3. The highest BCUT2D eigenvalue weighted by atomic mass is 32.2. The molecule has 156 valence electrons. The number of nitrogens with zero attached hydrogens (tertiary/aromatic N) is 3. The van der Waals surface area contributed by atoms with Gasteiger partial charge in [-0.05, 0) is 37.1 Å². The summed E-state index contributed by atoms with van der Waals surface area (Å²) in [5.41, 5.74) is 2.83. The van der Waals surface area contributed by atoms with Crippen molar-refractivity contribution < 1.29 is 9.59 Å². The van der Waals surface area contributed by atoms with E-state index >= 15 is 0 Å². The van der Waals surface area contributed by atoms with Gasteiger partial charge in [-0.25, -0.2) is 0 Å². The Bertz CT molecular complexity index is 1000. The van der Waals surface area contributed by atoms with Crippen molar-refractivity contribution in [2.24, 2.45) is 0 Å². The van der Waals surface area contributed by atoms with Crippen LogP contribution in [0.2, 0.25) is 0 Å². The first-order valence-corrected chi connectivity index (χ1v) is 10.8. The molecule has 0 fully saturated rings. The molecule has 1 heterocycles. The molecule has 0 unspecified atom stereocenters. The molecular weight excluding hydrogens is 398 g/mol. The number of hydrogen-bond acceptors (Lipinski definition) is 5. The Labute approximate surface area is 180 Å². The third-order valence-corrected chi connectivity index (χ3v) is 5.36. The Kier molecular flexibility index (Phi) is 7.62. The summed E-state index contributed by atoms with van der Waals surface area (Å²) in [4.78, 5) is 24.4. The van der Waals surface area contributed by atoms with Crippen molar-refractivity contribution in [3.05, 3.63) is 71.5 Å². The van der Waals surface area contributed by atoms with Gasteiger partial charge in [-0.2, -0.15) is 0 Å². The van der Waals surface area contributed by atoms with Crippen molar-refractivity contribution in [3.63, 3.8) is 0 Å². The number of aromatic nitrogens is 3. The van der Waals surface area contributed by atoms with E-state index in [1.165, 1.54) is 11.8 Å². The van der Waals surface area contributed by atoms with Crippen LogP contribution in [0.15, 0.2) is 59.8 Å². The smallest absolute Gasteiger partial charge is 0.234 e. The summed E-state index contributed by atoms with van der Waals surface area (Å²) < 4.78 is 1.91. The van der Waals surface area contributed by atoms with Gasteiger partial charge >= 0.3 is 0 Å². The standard InChI is InChI=1S/C22H25N5O2S/c1-3-27-19(14-23-20(28)13-17-9-5-4-6-10-17)25-26-22(27)30-15-21(29)24-18-11-7-8-16(2)12-18/h4-12H,3,13-15H2,1-2H3,(H,23,28)(H,24,29). The molecule has 0 saturated heterocycles. The van der Waals surface area contributed by atoms with Crippen LogP contribution in [0.3, 0.4) is 0 Å². The van der Waals surface area contributed by atoms with Gasteiger partial charge in [0, 0.05) is 12.2 Å². The average Bonchev–Trinajstić information content (AvgIpc) is 3.13. The summed E-state index contributed by atoms with van der Waals surface area (Å²) in [6.45, 7) is 4.91. The third-order valence-electron chi connectivity index (χ3n) is 4.40. The van der Waals surface area contributed by atoms with Crippen molar-refractivity contribution in [2.45, 2.75) is 38.5 Å². The lowest BCUT2D eigenvalue weighted by molar-refractivity contribution is -0.120. The molecule has 3 rings (SSSR count). The minimum atomic E-state index is -0.103. The molecule has 2 aromatic carbocycles. The summed E-state index contributed by atoms with van der Waals surface area (Å²) in [6.07, 6.45) is 0.321. The maximum Gasteiger partial charge on any atom is 0.234 e. The first-order chi connectivity index (χ1) is 14.5. The number of nitrogens with one attached hydrogen (secondary N) is 2. The SMILES string of the molecule is CCn1c(CNC(=O)Cc2ccccc2)nnc1SCC(=O)Nc1cccc(C)c1. The second kappa shape index (κ2) is 10.6. The molecule has 0 bridgehead atoms. The molecule has 0 radical (unpaired) electrons. The molecule has 1 aromatic heterocycles. The van der Waals surface area contributed by atoms with Crippen LogP contribution in [-0.2, 0) is 29.1 Å². The van der Waals surface area contributed by atoms with Crippen molar-refractivity contribution in [1.82, 2.24) is 20.1 Å². The Hall–Kier alpha value is -3.13. The molecule has 0 aliphatic heterocycles. The van der Waals surface area contributed by atoms with Crippen LogP contribution in [0.5, 0.6) is 0 Å². The second-order valence-corrected chi connectivity index (χ2v) is 7.73. The topological polar surface area (TPSA) is 88.9 Å². The number of thioether (sulfide) groups is 1. The fourth-order valence-electron chi connectivity index (χ4n) is 2.95. The van der Waals surface area contributed by atoms with E-state index in [9.17, 15) is 9.59 Å². The molecule has 8 heteroatoms. The number of hydrogen-bond donors (Lipinski definition) is 2. The second-order valence-electron chi connectivity index (χ2n) is 6.79. The van der Waals surface area contributed by atoms with Crippen LogP contribution in [0.25, 0.3) is 0 Å². The number of carbonyl (C=O) groups is 2. The number of aryl methyl sites for hydroxylation is 1. The maximum atomic E-state index is 12.2. The van der Waals surface area contributed by atoms with Crippen LogP contribution in [0, 0.1) is 6.92 Å². The van der Waals surface area contributed by atoms with Gasteiger partial charge in [0.05, 0.1) is 18.7 Å². The molecule has 2 amide bonds.